The van der Waals surface area contributed by atoms with Crippen LogP contribution in [0.4, 0.5) is 19.0 Å². The fraction of sp³-hybridized carbons (Fsp3) is 0.519. The van der Waals surface area contributed by atoms with Gasteiger partial charge in [0.1, 0.15) is 0 Å². The molecule has 0 bridgehead atoms. The van der Waals surface area contributed by atoms with Crippen LogP contribution < -0.4 is 10.6 Å². The molecule has 4 heterocycles. The van der Waals surface area contributed by atoms with Crippen LogP contribution in [0.25, 0.3) is 10.9 Å². The molecule has 208 valence electrons. The third kappa shape index (κ3) is 5.59. The quantitative estimate of drug-likeness (QED) is 0.401. The van der Waals surface area contributed by atoms with E-state index in [1.54, 1.807) is 0 Å². The number of nitrogens with zero attached hydrogens (tertiary/aromatic N) is 3. The Labute approximate surface area is 228 Å². The van der Waals surface area contributed by atoms with Crippen molar-refractivity contribution in [3.8, 4) is 0 Å². The summed E-state index contributed by atoms with van der Waals surface area (Å²) < 4.78 is 45.2. The molecule has 2 fully saturated rings. The fourth-order valence-corrected chi connectivity index (χ4v) is 7.52. The fourth-order valence-electron chi connectivity index (χ4n) is 5.86. The van der Waals surface area contributed by atoms with E-state index in [-0.39, 0.29) is 29.6 Å². The van der Waals surface area contributed by atoms with Crippen LogP contribution in [0.2, 0.25) is 0 Å². The number of benzene rings is 1. The number of likely N-dealkylation sites (tertiary alicyclic amines) is 1. The van der Waals surface area contributed by atoms with E-state index in [1.165, 1.54) is 17.2 Å². The minimum absolute atomic E-state index is 0.0554. The standard InChI is InChI=1S/C27H31F3N6O2S/c1-15-8-16-2-5-23(20(16)10-31-15)39-24-13-36(18-6-7-38-14-18)12-22(24)33-25(37)11-32-26-19-9-17(27(28,29)30)3-4-21(19)34-35-26/h3-4,8-10,18,22-24H,2,5-7,11-14H2,1H3,(H,33,37)(H2,32,34,35)/t18?,22?,23?,24-/m0/s1. The first-order valence-electron chi connectivity index (χ1n) is 13.3. The number of rotatable bonds is 7. The van der Waals surface area contributed by atoms with Gasteiger partial charge in [0.25, 0.3) is 0 Å². The first-order chi connectivity index (χ1) is 18.7. The summed E-state index contributed by atoms with van der Waals surface area (Å²) >= 11 is 1.92. The van der Waals surface area contributed by atoms with E-state index >= 15 is 0 Å². The van der Waals surface area contributed by atoms with Crippen LogP contribution >= 0.6 is 11.8 Å². The second kappa shape index (κ2) is 10.6. The lowest BCUT2D eigenvalue weighted by Crippen LogP contribution is -2.44. The van der Waals surface area contributed by atoms with Crippen molar-refractivity contribution in [2.24, 2.45) is 0 Å². The Kier molecular flexibility index (Phi) is 7.19. The van der Waals surface area contributed by atoms with Gasteiger partial charge in [-0.15, -0.1) is 11.8 Å². The molecule has 3 N–H and O–H groups in total. The first-order valence-corrected chi connectivity index (χ1v) is 14.2. The summed E-state index contributed by atoms with van der Waals surface area (Å²) in [7, 11) is 0. The van der Waals surface area contributed by atoms with Gasteiger partial charge in [-0.2, -0.15) is 18.3 Å². The molecular weight excluding hydrogens is 529 g/mol. The second-order valence-corrected chi connectivity index (χ2v) is 12.0. The van der Waals surface area contributed by atoms with Crippen molar-refractivity contribution in [3.05, 3.63) is 52.8 Å². The number of alkyl halides is 3. The number of pyridine rings is 1. The van der Waals surface area contributed by atoms with Crippen molar-refractivity contribution in [1.82, 2.24) is 25.4 Å². The average Bonchev–Trinajstić information content (AvgIpc) is 3.69. The topological polar surface area (TPSA) is 95.2 Å². The lowest BCUT2D eigenvalue weighted by Gasteiger charge is -2.23. The monoisotopic (exact) mass is 560 g/mol. The molecule has 0 spiro atoms. The van der Waals surface area contributed by atoms with Crippen molar-refractivity contribution in [2.45, 2.75) is 54.9 Å². The number of hydrogen-bond donors (Lipinski definition) is 3. The Bertz CT molecular complexity index is 1360. The number of aromatic nitrogens is 3. The third-order valence-corrected chi connectivity index (χ3v) is 9.54. The second-order valence-electron chi connectivity index (χ2n) is 10.6. The highest BCUT2D eigenvalue weighted by atomic mass is 32.2. The molecule has 6 rings (SSSR count). The van der Waals surface area contributed by atoms with Crippen LogP contribution in [-0.4, -0.2) is 76.2 Å². The van der Waals surface area contributed by atoms with Crippen molar-refractivity contribution in [2.75, 3.05) is 38.2 Å². The van der Waals surface area contributed by atoms with Crippen LogP contribution in [0.5, 0.6) is 0 Å². The highest BCUT2D eigenvalue weighted by Crippen LogP contribution is 2.45. The van der Waals surface area contributed by atoms with Gasteiger partial charge in [-0.1, -0.05) is 0 Å². The van der Waals surface area contributed by atoms with Gasteiger partial charge in [0.15, 0.2) is 5.82 Å². The number of aromatic amines is 1. The summed E-state index contributed by atoms with van der Waals surface area (Å²) in [6.07, 6.45) is 0.630. The summed E-state index contributed by atoms with van der Waals surface area (Å²) in [6.45, 7) is 5.00. The Morgan fingerprint density at radius 2 is 2.13 bits per heavy atom. The van der Waals surface area contributed by atoms with Gasteiger partial charge in [0.05, 0.1) is 30.3 Å². The van der Waals surface area contributed by atoms with Gasteiger partial charge in [-0.3, -0.25) is 19.8 Å². The van der Waals surface area contributed by atoms with Crippen LogP contribution in [0.1, 0.15) is 40.5 Å². The minimum atomic E-state index is -4.46. The zero-order chi connectivity index (χ0) is 27.1. The highest BCUT2D eigenvalue weighted by Gasteiger charge is 2.40. The van der Waals surface area contributed by atoms with Crippen LogP contribution in [-0.2, 0) is 22.1 Å². The lowest BCUT2D eigenvalue weighted by atomic mass is 10.1. The maximum Gasteiger partial charge on any atom is 0.416 e. The van der Waals surface area contributed by atoms with Crippen molar-refractivity contribution >= 4 is 34.4 Å². The molecule has 3 aliphatic rings. The number of nitrogens with one attached hydrogen (secondary N) is 3. The van der Waals surface area contributed by atoms with Crippen molar-refractivity contribution in [3.63, 3.8) is 0 Å². The molecule has 12 heteroatoms. The van der Waals surface area contributed by atoms with Crippen molar-refractivity contribution < 1.29 is 22.7 Å². The first kappa shape index (κ1) is 26.4. The predicted octanol–water partition coefficient (Wildman–Crippen LogP) is 4.08. The Morgan fingerprint density at radius 1 is 1.26 bits per heavy atom. The van der Waals surface area contributed by atoms with Gasteiger partial charge < -0.3 is 15.4 Å². The normalized spacial score (nSPS) is 25.3. The highest BCUT2D eigenvalue weighted by molar-refractivity contribution is 8.00. The summed E-state index contributed by atoms with van der Waals surface area (Å²) in [5, 5.41) is 13.8. The summed E-state index contributed by atoms with van der Waals surface area (Å²) in [5.41, 5.74) is 3.40. The maximum absolute atomic E-state index is 13.2. The zero-order valence-corrected chi connectivity index (χ0v) is 22.4. The molecule has 2 aromatic heterocycles. The number of halogens is 3. The molecule has 1 amide bonds. The van der Waals surface area contributed by atoms with Gasteiger partial charge in [-0.05, 0) is 61.6 Å². The number of anilines is 1. The summed E-state index contributed by atoms with van der Waals surface area (Å²) in [6, 6.07) is 5.87. The molecule has 1 aromatic carbocycles. The van der Waals surface area contributed by atoms with E-state index < -0.39 is 11.7 Å². The van der Waals surface area contributed by atoms with Crippen LogP contribution in [0.15, 0.2) is 30.5 Å². The number of H-pyrrole nitrogens is 1. The minimum Gasteiger partial charge on any atom is -0.380 e. The Morgan fingerprint density at radius 3 is 2.92 bits per heavy atom. The smallest absolute Gasteiger partial charge is 0.380 e. The largest absolute Gasteiger partial charge is 0.416 e. The number of carbonyl (C=O) groups excluding carboxylic acids is 1. The number of hydrogen-bond acceptors (Lipinski definition) is 7. The van der Waals surface area contributed by atoms with Gasteiger partial charge in [0.2, 0.25) is 5.91 Å². The van der Waals surface area contributed by atoms with Crippen LogP contribution in [0, 0.1) is 6.92 Å². The maximum atomic E-state index is 13.2. The summed E-state index contributed by atoms with van der Waals surface area (Å²) in [5.74, 6) is 0.000968. The Hall–Kier alpha value is -2.83. The molecule has 0 saturated carbocycles. The van der Waals surface area contributed by atoms with E-state index in [1.807, 2.05) is 24.9 Å². The molecule has 3 unspecified atom stereocenters. The third-order valence-electron chi connectivity index (χ3n) is 7.89. The number of ether oxygens (including phenoxy) is 1. The Balaban J connectivity index is 1.13. The van der Waals surface area contributed by atoms with Gasteiger partial charge >= 0.3 is 6.18 Å². The molecule has 2 aliphatic heterocycles. The van der Waals surface area contributed by atoms with E-state index in [0.29, 0.717) is 28.8 Å². The SMILES string of the molecule is Cc1cc2c(cn1)C(S[C@H]1CN(C3CCOC3)CC1NC(=O)CNc1n[nH]c3ccc(C(F)(F)F)cc13)CC2. The molecule has 4 atom stereocenters. The van der Waals surface area contributed by atoms with Gasteiger partial charge in [-0.25, -0.2) is 0 Å². The average molecular weight is 561 g/mol. The van der Waals surface area contributed by atoms with E-state index in [9.17, 15) is 18.0 Å². The molecule has 8 nitrogen and oxygen atoms in total. The molecule has 2 saturated heterocycles. The molecule has 3 aromatic rings. The predicted molar refractivity (Wildman–Crippen MR) is 144 cm³/mol. The number of carbonyl (C=O) groups is 1. The number of thioether (sulfide) groups is 1. The van der Waals surface area contributed by atoms with Crippen LogP contribution in [0.3, 0.4) is 0 Å². The van der Waals surface area contributed by atoms with Gasteiger partial charge in [0, 0.05) is 53.5 Å². The van der Waals surface area contributed by atoms with E-state index in [2.05, 4.69) is 36.8 Å². The molecular formula is C27H31F3N6O2S. The molecule has 39 heavy (non-hydrogen) atoms. The lowest BCUT2D eigenvalue weighted by molar-refractivity contribution is -0.137. The summed E-state index contributed by atoms with van der Waals surface area (Å²) in [4.78, 5) is 20.0. The number of aryl methyl sites for hydroxylation is 2. The number of fused-ring (bicyclic) bond motifs is 2. The van der Waals surface area contributed by atoms with E-state index in [0.717, 1.165) is 56.8 Å². The zero-order valence-electron chi connectivity index (χ0n) is 21.6. The number of amides is 1. The molecule has 1 aliphatic carbocycles. The van der Waals surface area contributed by atoms with E-state index in [4.69, 9.17) is 4.74 Å². The molecule has 0 radical (unpaired) electrons. The van der Waals surface area contributed by atoms with Crippen molar-refractivity contribution in [1.29, 1.82) is 0 Å².